The molecule has 5 nitrogen and oxygen atoms in total. The predicted octanol–water partition coefficient (Wildman–Crippen LogP) is 1.89. The van der Waals surface area contributed by atoms with Gasteiger partial charge in [0.05, 0.1) is 18.4 Å². The third-order valence-corrected chi connectivity index (χ3v) is 3.24. The van der Waals surface area contributed by atoms with E-state index in [1.54, 1.807) is 10.1 Å². The topological polar surface area (TPSA) is 57.0 Å². The van der Waals surface area contributed by atoms with Crippen molar-refractivity contribution in [3.8, 4) is 10.6 Å². The first-order chi connectivity index (χ1) is 8.15. The standard InChI is InChI=1S/C11H13N3O2S/c1-4-8-7(5-14(2)13-8)10-12-9(6-17-10)11(15)16-3/h5-6H,4H2,1-3H3. The van der Waals surface area contributed by atoms with Gasteiger partial charge in [-0.1, -0.05) is 6.92 Å². The van der Waals surface area contributed by atoms with Crippen LogP contribution in [0.25, 0.3) is 10.6 Å². The average Bonchev–Trinajstić information content (AvgIpc) is 2.93. The molecular weight excluding hydrogens is 238 g/mol. The fourth-order valence-electron chi connectivity index (χ4n) is 1.57. The SMILES string of the molecule is CCc1nn(C)cc1-c1nc(C(=O)OC)cs1. The van der Waals surface area contributed by atoms with Gasteiger partial charge in [0.2, 0.25) is 0 Å². The molecule has 2 rings (SSSR count). The molecule has 0 fully saturated rings. The van der Waals surface area contributed by atoms with Crippen LogP contribution < -0.4 is 0 Å². The number of aromatic nitrogens is 3. The van der Waals surface area contributed by atoms with Crippen LogP contribution >= 0.6 is 11.3 Å². The molecule has 0 radical (unpaired) electrons. The number of esters is 1. The second-order valence-electron chi connectivity index (χ2n) is 3.55. The van der Waals surface area contributed by atoms with Crippen molar-refractivity contribution in [2.75, 3.05) is 7.11 Å². The minimum Gasteiger partial charge on any atom is -0.464 e. The Bertz CT molecular complexity index is 545. The van der Waals surface area contributed by atoms with E-state index in [4.69, 9.17) is 0 Å². The summed E-state index contributed by atoms with van der Waals surface area (Å²) in [5.74, 6) is -0.408. The fourth-order valence-corrected chi connectivity index (χ4v) is 2.39. The molecule has 0 aliphatic heterocycles. The van der Waals surface area contributed by atoms with Crippen molar-refractivity contribution >= 4 is 17.3 Å². The van der Waals surface area contributed by atoms with Crippen LogP contribution in [0.4, 0.5) is 0 Å². The molecule has 0 spiro atoms. The Morgan fingerprint density at radius 2 is 2.35 bits per heavy atom. The molecule has 0 N–H and O–H groups in total. The summed E-state index contributed by atoms with van der Waals surface area (Å²) in [6.45, 7) is 2.04. The van der Waals surface area contributed by atoms with Crippen LogP contribution in [0.1, 0.15) is 23.1 Å². The van der Waals surface area contributed by atoms with Crippen molar-refractivity contribution in [1.29, 1.82) is 0 Å². The first-order valence-corrected chi connectivity index (χ1v) is 6.10. The predicted molar refractivity (Wildman–Crippen MR) is 65.0 cm³/mol. The third-order valence-electron chi connectivity index (χ3n) is 2.37. The van der Waals surface area contributed by atoms with E-state index in [0.717, 1.165) is 22.7 Å². The summed E-state index contributed by atoms with van der Waals surface area (Å²) in [6, 6.07) is 0. The summed E-state index contributed by atoms with van der Waals surface area (Å²) in [5, 5.41) is 6.85. The van der Waals surface area contributed by atoms with E-state index < -0.39 is 5.97 Å². The number of ether oxygens (including phenoxy) is 1. The summed E-state index contributed by atoms with van der Waals surface area (Å²) < 4.78 is 6.39. The van der Waals surface area contributed by atoms with Crippen LogP contribution in [0.2, 0.25) is 0 Å². The molecule has 17 heavy (non-hydrogen) atoms. The van der Waals surface area contributed by atoms with Crippen molar-refractivity contribution in [3.63, 3.8) is 0 Å². The van der Waals surface area contributed by atoms with E-state index in [-0.39, 0.29) is 0 Å². The molecule has 0 saturated heterocycles. The quantitative estimate of drug-likeness (QED) is 0.782. The molecule has 0 unspecified atom stereocenters. The maximum absolute atomic E-state index is 11.3. The number of thiazole rings is 1. The van der Waals surface area contributed by atoms with Crippen molar-refractivity contribution in [1.82, 2.24) is 14.8 Å². The highest BCUT2D eigenvalue weighted by Gasteiger charge is 2.15. The number of nitrogens with zero attached hydrogens (tertiary/aromatic N) is 3. The lowest BCUT2D eigenvalue weighted by Crippen LogP contribution is -2.01. The summed E-state index contributed by atoms with van der Waals surface area (Å²) >= 11 is 1.42. The Kier molecular flexibility index (Phi) is 3.23. The first-order valence-electron chi connectivity index (χ1n) is 5.22. The summed E-state index contributed by atoms with van der Waals surface area (Å²) in [6.07, 6.45) is 2.75. The molecule has 0 aliphatic rings. The van der Waals surface area contributed by atoms with Crippen molar-refractivity contribution < 1.29 is 9.53 Å². The van der Waals surface area contributed by atoms with Crippen LogP contribution in [0, 0.1) is 0 Å². The van der Waals surface area contributed by atoms with Gasteiger partial charge in [-0.05, 0) is 6.42 Å². The van der Waals surface area contributed by atoms with Gasteiger partial charge >= 0.3 is 5.97 Å². The number of aryl methyl sites for hydroxylation is 2. The smallest absolute Gasteiger partial charge is 0.357 e. The van der Waals surface area contributed by atoms with Gasteiger partial charge in [0.1, 0.15) is 5.01 Å². The van der Waals surface area contributed by atoms with Gasteiger partial charge in [-0.2, -0.15) is 5.10 Å². The Balaban J connectivity index is 2.39. The van der Waals surface area contributed by atoms with Crippen LogP contribution in [-0.4, -0.2) is 27.8 Å². The minimum atomic E-state index is -0.408. The van der Waals surface area contributed by atoms with Crippen LogP contribution in [0.3, 0.4) is 0 Å². The van der Waals surface area contributed by atoms with Crippen LogP contribution in [0.15, 0.2) is 11.6 Å². The van der Waals surface area contributed by atoms with Gasteiger partial charge in [-0.15, -0.1) is 11.3 Å². The Morgan fingerprint density at radius 1 is 1.59 bits per heavy atom. The highest BCUT2D eigenvalue weighted by Crippen LogP contribution is 2.26. The monoisotopic (exact) mass is 251 g/mol. The van der Waals surface area contributed by atoms with E-state index in [1.165, 1.54) is 18.4 Å². The van der Waals surface area contributed by atoms with E-state index >= 15 is 0 Å². The van der Waals surface area contributed by atoms with Crippen molar-refractivity contribution in [2.45, 2.75) is 13.3 Å². The number of methoxy groups -OCH3 is 1. The zero-order valence-corrected chi connectivity index (χ0v) is 10.7. The highest BCUT2D eigenvalue weighted by atomic mass is 32.1. The molecule has 0 aliphatic carbocycles. The summed E-state index contributed by atoms with van der Waals surface area (Å²) in [7, 11) is 3.22. The molecule has 2 aromatic heterocycles. The molecule has 90 valence electrons. The summed E-state index contributed by atoms with van der Waals surface area (Å²) in [5.41, 5.74) is 2.31. The highest BCUT2D eigenvalue weighted by molar-refractivity contribution is 7.13. The third kappa shape index (κ3) is 2.21. The summed E-state index contributed by atoms with van der Waals surface area (Å²) in [4.78, 5) is 15.6. The average molecular weight is 251 g/mol. The van der Waals surface area contributed by atoms with Crippen LogP contribution in [-0.2, 0) is 18.2 Å². The minimum absolute atomic E-state index is 0.346. The fraction of sp³-hybridized carbons (Fsp3) is 0.364. The zero-order valence-electron chi connectivity index (χ0n) is 9.93. The van der Waals surface area contributed by atoms with Gasteiger partial charge in [0.15, 0.2) is 5.69 Å². The van der Waals surface area contributed by atoms with Crippen LogP contribution in [0.5, 0.6) is 0 Å². The molecule has 6 heteroatoms. The second kappa shape index (κ2) is 4.67. The van der Waals surface area contributed by atoms with Gasteiger partial charge in [-0.25, -0.2) is 9.78 Å². The lowest BCUT2D eigenvalue weighted by molar-refractivity contribution is 0.0595. The van der Waals surface area contributed by atoms with Gasteiger partial charge in [-0.3, -0.25) is 4.68 Å². The molecule has 0 amide bonds. The van der Waals surface area contributed by atoms with Gasteiger partial charge < -0.3 is 4.74 Å². The Labute approximate surface area is 103 Å². The molecule has 2 aromatic rings. The van der Waals surface area contributed by atoms with E-state index in [0.29, 0.717) is 5.69 Å². The Hall–Kier alpha value is -1.69. The molecule has 0 saturated carbocycles. The maximum atomic E-state index is 11.3. The molecule has 0 bridgehead atoms. The molecular formula is C11H13N3O2S. The lowest BCUT2D eigenvalue weighted by Gasteiger charge is -1.94. The van der Waals surface area contributed by atoms with E-state index in [9.17, 15) is 4.79 Å². The lowest BCUT2D eigenvalue weighted by atomic mass is 10.2. The molecule has 0 atom stereocenters. The molecule has 0 aromatic carbocycles. The van der Waals surface area contributed by atoms with E-state index in [2.05, 4.69) is 14.8 Å². The van der Waals surface area contributed by atoms with Crippen molar-refractivity contribution in [2.24, 2.45) is 7.05 Å². The first kappa shape index (κ1) is 11.8. The molecule has 2 heterocycles. The maximum Gasteiger partial charge on any atom is 0.357 e. The Morgan fingerprint density at radius 3 is 3.00 bits per heavy atom. The zero-order chi connectivity index (χ0) is 12.4. The normalized spacial score (nSPS) is 10.5. The number of rotatable bonds is 3. The van der Waals surface area contributed by atoms with Gasteiger partial charge in [0.25, 0.3) is 0 Å². The number of hydrogen-bond donors (Lipinski definition) is 0. The number of hydrogen-bond acceptors (Lipinski definition) is 5. The number of carbonyl (C=O) groups excluding carboxylic acids is 1. The number of carbonyl (C=O) groups is 1. The van der Waals surface area contributed by atoms with E-state index in [1.807, 2.05) is 20.2 Å². The largest absolute Gasteiger partial charge is 0.464 e. The van der Waals surface area contributed by atoms with Crippen molar-refractivity contribution in [3.05, 3.63) is 23.0 Å². The van der Waals surface area contributed by atoms with Gasteiger partial charge in [0, 0.05) is 18.6 Å². The second-order valence-corrected chi connectivity index (χ2v) is 4.40.